The van der Waals surface area contributed by atoms with Crippen LogP contribution in [0, 0.1) is 0 Å². The van der Waals surface area contributed by atoms with Crippen molar-refractivity contribution in [2.75, 3.05) is 18.6 Å². The van der Waals surface area contributed by atoms with Crippen LogP contribution in [0.25, 0.3) is 0 Å². The largest absolute Gasteiger partial charge is 0.465 e. The first kappa shape index (κ1) is 12.9. The van der Waals surface area contributed by atoms with Crippen LogP contribution in [-0.2, 0) is 4.74 Å². The molecule has 2 rings (SSSR count). The van der Waals surface area contributed by atoms with Gasteiger partial charge in [-0.25, -0.2) is 4.79 Å². The molecule has 0 aromatic heterocycles. The summed E-state index contributed by atoms with van der Waals surface area (Å²) in [5.41, 5.74) is 3.09. The van der Waals surface area contributed by atoms with E-state index in [9.17, 15) is 4.79 Å². The minimum absolute atomic E-state index is 0.257. The fraction of sp³-hybridized carbons (Fsp3) is 0.533. The van der Waals surface area contributed by atoms with Gasteiger partial charge in [-0.2, -0.15) is 0 Å². The van der Waals surface area contributed by atoms with E-state index >= 15 is 0 Å². The van der Waals surface area contributed by atoms with E-state index in [4.69, 9.17) is 4.74 Å². The number of anilines is 2. The number of rotatable bonds is 7. The molecule has 1 aliphatic heterocycles. The average molecular weight is 247 g/mol. The van der Waals surface area contributed by atoms with Gasteiger partial charge in [-0.3, -0.25) is 0 Å². The van der Waals surface area contributed by atoms with Crippen molar-refractivity contribution in [2.45, 2.75) is 39.0 Å². The molecule has 98 valence electrons. The third-order valence-corrected chi connectivity index (χ3v) is 3.41. The lowest BCUT2D eigenvalue weighted by molar-refractivity contribution is 0.0601. The van der Waals surface area contributed by atoms with Crippen molar-refractivity contribution >= 4 is 17.3 Å². The van der Waals surface area contributed by atoms with Crippen LogP contribution in [0.3, 0.4) is 0 Å². The first-order valence-corrected chi connectivity index (χ1v) is 6.78. The van der Waals surface area contributed by atoms with Gasteiger partial charge >= 0.3 is 5.97 Å². The first-order chi connectivity index (χ1) is 8.77. The molecule has 0 atom stereocenters. The Bertz CT molecular complexity index is 429. The molecule has 0 unspecified atom stereocenters. The number of ether oxygens (including phenoxy) is 1. The summed E-state index contributed by atoms with van der Waals surface area (Å²) in [6.45, 7) is 3.30. The maximum atomic E-state index is 11.4. The van der Waals surface area contributed by atoms with Gasteiger partial charge in [-0.05, 0) is 24.6 Å². The summed E-state index contributed by atoms with van der Waals surface area (Å²) in [5, 5.41) is 0. The monoisotopic (exact) mass is 247 g/mol. The lowest BCUT2D eigenvalue weighted by atomic mass is 10.1. The van der Waals surface area contributed by atoms with Crippen LogP contribution in [0.2, 0.25) is 0 Å². The van der Waals surface area contributed by atoms with Crippen LogP contribution in [-0.4, -0.2) is 19.6 Å². The van der Waals surface area contributed by atoms with Gasteiger partial charge in [-0.1, -0.05) is 32.6 Å². The fourth-order valence-corrected chi connectivity index (χ4v) is 2.28. The molecule has 0 radical (unpaired) electrons. The molecule has 0 saturated carbocycles. The summed E-state index contributed by atoms with van der Waals surface area (Å²) in [5.74, 6) is -0.257. The molecule has 1 aromatic carbocycles. The number of carbonyl (C=O) groups is 1. The second-order valence-corrected chi connectivity index (χ2v) is 4.76. The summed E-state index contributed by atoms with van der Waals surface area (Å²) >= 11 is 0. The summed E-state index contributed by atoms with van der Waals surface area (Å²) in [6.07, 6.45) is 6.46. The third-order valence-electron chi connectivity index (χ3n) is 3.41. The van der Waals surface area contributed by atoms with E-state index in [0.29, 0.717) is 5.56 Å². The molecule has 0 spiro atoms. The van der Waals surface area contributed by atoms with Gasteiger partial charge < -0.3 is 9.64 Å². The highest BCUT2D eigenvalue weighted by molar-refractivity contribution is 5.99. The van der Waals surface area contributed by atoms with Gasteiger partial charge in [0.15, 0.2) is 0 Å². The predicted octanol–water partition coefficient (Wildman–Crippen LogP) is 3.90. The number of hydrogen-bond donors (Lipinski definition) is 0. The number of unbranched alkanes of at least 4 members (excludes halogenated alkanes) is 4. The number of benzene rings is 1. The van der Waals surface area contributed by atoms with Crippen LogP contribution in [0.1, 0.15) is 49.4 Å². The van der Waals surface area contributed by atoms with Crippen molar-refractivity contribution in [3.8, 4) is 0 Å². The van der Waals surface area contributed by atoms with Crippen molar-refractivity contribution in [1.82, 2.24) is 0 Å². The fourth-order valence-electron chi connectivity index (χ4n) is 2.28. The van der Waals surface area contributed by atoms with Crippen molar-refractivity contribution in [3.63, 3.8) is 0 Å². The molecule has 0 N–H and O–H groups in total. The molecule has 0 bridgehead atoms. The van der Waals surface area contributed by atoms with Gasteiger partial charge in [0.1, 0.15) is 0 Å². The maximum absolute atomic E-state index is 11.4. The summed E-state index contributed by atoms with van der Waals surface area (Å²) in [4.78, 5) is 13.7. The molecular formula is C15H21NO2. The molecule has 18 heavy (non-hydrogen) atoms. The molecular weight excluding hydrogens is 226 g/mol. The Morgan fingerprint density at radius 2 is 1.94 bits per heavy atom. The summed E-state index contributed by atoms with van der Waals surface area (Å²) < 4.78 is 4.72. The van der Waals surface area contributed by atoms with Crippen LogP contribution in [0.4, 0.5) is 11.4 Å². The van der Waals surface area contributed by atoms with E-state index < -0.39 is 0 Å². The van der Waals surface area contributed by atoms with Crippen LogP contribution >= 0.6 is 0 Å². The minimum Gasteiger partial charge on any atom is -0.465 e. The third kappa shape index (κ3) is 2.84. The number of hydrogen-bond acceptors (Lipinski definition) is 3. The van der Waals surface area contributed by atoms with E-state index in [1.807, 2.05) is 18.2 Å². The highest BCUT2D eigenvalue weighted by Crippen LogP contribution is 2.48. The Balaban J connectivity index is 1.79. The number of fused-ring (bicyclic) bond motifs is 1. The smallest absolute Gasteiger partial charge is 0.337 e. The van der Waals surface area contributed by atoms with Crippen LogP contribution < -0.4 is 4.90 Å². The highest BCUT2D eigenvalue weighted by Gasteiger charge is 2.29. The first-order valence-electron chi connectivity index (χ1n) is 6.78. The number of methoxy groups -OCH3 is 1. The van der Waals surface area contributed by atoms with Gasteiger partial charge in [0.05, 0.1) is 24.0 Å². The van der Waals surface area contributed by atoms with E-state index in [1.54, 1.807) is 0 Å². The van der Waals surface area contributed by atoms with Crippen molar-refractivity contribution < 1.29 is 9.53 Å². The molecule has 0 saturated heterocycles. The lowest BCUT2D eigenvalue weighted by Gasteiger charge is -2.02. The molecule has 3 nitrogen and oxygen atoms in total. The second-order valence-electron chi connectivity index (χ2n) is 4.76. The topological polar surface area (TPSA) is 29.3 Å². The maximum Gasteiger partial charge on any atom is 0.337 e. The van der Waals surface area contributed by atoms with Gasteiger partial charge in [0.25, 0.3) is 0 Å². The van der Waals surface area contributed by atoms with Crippen LogP contribution in [0.5, 0.6) is 0 Å². The molecule has 1 aliphatic rings. The summed E-state index contributed by atoms with van der Waals surface area (Å²) in [7, 11) is 1.42. The van der Waals surface area contributed by atoms with Gasteiger partial charge in [0, 0.05) is 6.54 Å². The van der Waals surface area contributed by atoms with Gasteiger partial charge in [0.2, 0.25) is 0 Å². The van der Waals surface area contributed by atoms with Gasteiger partial charge in [-0.15, -0.1) is 0 Å². The minimum atomic E-state index is -0.257. The van der Waals surface area contributed by atoms with E-state index in [-0.39, 0.29) is 5.97 Å². The number of nitrogens with zero attached hydrogens (tertiary/aromatic N) is 1. The zero-order chi connectivity index (χ0) is 13.0. The predicted molar refractivity (Wildman–Crippen MR) is 73.5 cm³/mol. The van der Waals surface area contributed by atoms with E-state index in [0.717, 1.165) is 6.54 Å². The molecule has 1 aromatic rings. The number of carbonyl (C=O) groups excluding carboxylic acids is 1. The Morgan fingerprint density at radius 3 is 2.67 bits per heavy atom. The molecule has 1 heterocycles. The average Bonchev–Trinajstić information content (AvgIpc) is 3.10. The molecule has 3 heteroatoms. The number of esters is 1. The quantitative estimate of drug-likeness (QED) is 0.416. The van der Waals surface area contributed by atoms with Crippen molar-refractivity contribution in [3.05, 3.63) is 23.8 Å². The lowest BCUT2D eigenvalue weighted by Crippen LogP contribution is -2.02. The second kappa shape index (κ2) is 5.89. The van der Waals surface area contributed by atoms with Crippen LogP contribution in [0.15, 0.2) is 18.2 Å². The normalized spacial score (nSPS) is 12.2. The Hall–Kier alpha value is -1.51. The van der Waals surface area contributed by atoms with Crippen molar-refractivity contribution in [2.24, 2.45) is 0 Å². The van der Waals surface area contributed by atoms with E-state index in [1.165, 1.54) is 50.6 Å². The molecule has 0 aliphatic carbocycles. The Kier molecular flexibility index (Phi) is 4.24. The molecule has 0 fully saturated rings. The zero-order valence-corrected chi connectivity index (χ0v) is 11.2. The SMILES string of the molecule is CCCCCCCN1c2ccc(C(=O)OC)cc21. The zero-order valence-electron chi connectivity index (χ0n) is 11.2. The van der Waals surface area contributed by atoms with Crippen molar-refractivity contribution in [1.29, 1.82) is 0 Å². The summed E-state index contributed by atoms with van der Waals surface area (Å²) in [6, 6.07) is 5.77. The Labute approximate surface area is 109 Å². The standard InChI is InChI=1S/C15H21NO2/c1-3-4-5-6-7-10-16-13-9-8-12(11-14(13)16)15(17)18-2/h8-9,11H,3-7,10H2,1-2H3. The van der Waals surface area contributed by atoms with E-state index in [2.05, 4.69) is 11.8 Å². The molecule has 0 amide bonds. The highest BCUT2D eigenvalue weighted by atomic mass is 16.5. The Morgan fingerprint density at radius 1 is 1.17 bits per heavy atom.